The number of rotatable bonds is 7. The zero-order valence-electron chi connectivity index (χ0n) is 18.6. The first kappa shape index (κ1) is 22.3. The van der Waals surface area contributed by atoms with Gasteiger partial charge in [-0.2, -0.15) is 0 Å². The lowest BCUT2D eigenvalue weighted by molar-refractivity contribution is -0.123. The lowest BCUT2D eigenvalue weighted by Crippen LogP contribution is -2.46. The molecule has 7 heteroatoms. The maximum absolute atomic E-state index is 13.2. The van der Waals surface area contributed by atoms with Gasteiger partial charge in [0.05, 0.1) is 32.4 Å². The summed E-state index contributed by atoms with van der Waals surface area (Å²) in [4.78, 5) is 28.8. The molecule has 6 nitrogen and oxygen atoms in total. The Morgan fingerprint density at radius 3 is 2.31 bits per heavy atom. The largest absolute Gasteiger partial charge is 0.493 e. The molecule has 0 unspecified atom stereocenters. The van der Waals surface area contributed by atoms with Gasteiger partial charge in [-0.15, -0.1) is 0 Å². The van der Waals surface area contributed by atoms with E-state index < -0.39 is 6.04 Å². The number of carbonyl (C=O) groups excluding carboxylic acids is 2. The van der Waals surface area contributed by atoms with Crippen LogP contribution in [0.5, 0.6) is 11.5 Å². The molecule has 0 spiro atoms. The number of amides is 2. The molecule has 2 saturated heterocycles. The third kappa shape index (κ3) is 4.63. The third-order valence-electron chi connectivity index (χ3n) is 6.59. The van der Waals surface area contributed by atoms with Gasteiger partial charge in [-0.3, -0.25) is 14.5 Å². The van der Waals surface area contributed by atoms with E-state index in [2.05, 4.69) is 11.0 Å². The Balaban J connectivity index is 1.30. The summed E-state index contributed by atoms with van der Waals surface area (Å²) in [5.74, 6) is 1.25. The van der Waals surface area contributed by atoms with E-state index in [1.165, 1.54) is 34.7 Å². The van der Waals surface area contributed by atoms with E-state index in [1.54, 1.807) is 14.2 Å². The molecule has 0 aromatic heterocycles. The number of piperidine rings is 1. The fraction of sp³-hybridized carbons (Fsp3) is 0.440. The molecule has 4 rings (SSSR count). The van der Waals surface area contributed by atoms with Crippen LogP contribution in [0, 0.1) is 11.7 Å². The van der Waals surface area contributed by atoms with E-state index in [0.29, 0.717) is 11.6 Å². The van der Waals surface area contributed by atoms with Gasteiger partial charge in [-0.1, -0.05) is 6.07 Å². The molecule has 0 saturated carbocycles. The standard InChI is InChI=1S/C25H29FN2O4/c1-31-22-10-5-18(15-23(22)32-2)4-3-17-11-13-27(14-12-17)21-16-24(29)28(25(21)30)20-8-6-19(26)7-9-20/h5-10,15,17,21H,3-4,11-14,16H2,1-2H3/t21-/m0/s1. The van der Waals surface area contributed by atoms with E-state index in [9.17, 15) is 14.0 Å². The van der Waals surface area contributed by atoms with Crippen molar-refractivity contribution in [3.8, 4) is 11.5 Å². The quantitative estimate of drug-likeness (QED) is 0.613. The number of likely N-dealkylation sites (tertiary alicyclic amines) is 1. The minimum atomic E-state index is -0.417. The van der Waals surface area contributed by atoms with Crippen LogP contribution in [0.2, 0.25) is 0 Å². The van der Waals surface area contributed by atoms with Crippen molar-refractivity contribution in [2.75, 3.05) is 32.2 Å². The highest BCUT2D eigenvalue weighted by atomic mass is 19.1. The molecular formula is C25H29FN2O4. The van der Waals surface area contributed by atoms with Gasteiger partial charge < -0.3 is 9.47 Å². The number of hydrogen-bond acceptors (Lipinski definition) is 5. The second-order valence-electron chi connectivity index (χ2n) is 8.47. The number of ether oxygens (including phenoxy) is 2. The molecule has 0 radical (unpaired) electrons. The third-order valence-corrected chi connectivity index (χ3v) is 6.59. The Kier molecular flexibility index (Phi) is 6.74. The van der Waals surface area contributed by atoms with Crippen LogP contribution in [0.4, 0.5) is 10.1 Å². The molecule has 0 aliphatic carbocycles. The van der Waals surface area contributed by atoms with Crippen molar-refractivity contribution in [2.45, 2.75) is 38.1 Å². The summed E-state index contributed by atoms with van der Waals surface area (Å²) in [5, 5.41) is 0. The number of carbonyl (C=O) groups is 2. The first-order valence-electron chi connectivity index (χ1n) is 11.1. The van der Waals surface area contributed by atoms with Crippen LogP contribution in [-0.2, 0) is 16.0 Å². The molecule has 170 valence electrons. The number of imide groups is 1. The topological polar surface area (TPSA) is 59.1 Å². The van der Waals surface area contributed by atoms with Crippen molar-refractivity contribution in [1.29, 1.82) is 0 Å². The summed E-state index contributed by atoms with van der Waals surface area (Å²) < 4.78 is 23.9. The number of hydrogen-bond donors (Lipinski definition) is 0. The van der Waals surface area contributed by atoms with Crippen molar-refractivity contribution in [3.63, 3.8) is 0 Å². The maximum Gasteiger partial charge on any atom is 0.251 e. The lowest BCUT2D eigenvalue weighted by Gasteiger charge is -2.34. The Morgan fingerprint density at radius 2 is 1.66 bits per heavy atom. The molecular weight excluding hydrogens is 411 g/mol. The van der Waals surface area contributed by atoms with E-state index in [1.807, 2.05) is 12.1 Å². The van der Waals surface area contributed by atoms with E-state index in [0.717, 1.165) is 50.3 Å². The predicted molar refractivity (Wildman–Crippen MR) is 119 cm³/mol. The molecule has 2 aliphatic rings. The molecule has 2 heterocycles. The zero-order valence-corrected chi connectivity index (χ0v) is 18.6. The Bertz CT molecular complexity index is 970. The highest BCUT2D eigenvalue weighted by Gasteiger charge is 2.43. The van der Waals surface area contributed by atoms with Crippen LogP contribution in [-0.4, -0.2) is 50.1 Å². The predicted octanol–water partition coefficient (Wildman–Crippen LogP) is 3.82. The number of methoxy groups -OCH3 is 2. The SMILES string of the molecule is COc1ccc(CCC2CCN([C@H]3CC(=O)N(c4ccc(F)cc4)C3=O)CC2)cc1OC. The van der Waals surface area contributed by atoms with Crippen molar-refractivity contribution in [2.24, 2.45) is 5.92 Å². The lowest BCUT2D eigenvalue weighted by atomic mass is 9.89. The summed E-state index contributed by atoms with van der Waals surface area (Å²) in [6.45, 7) is 1.61. The highest BCUT2D eigenvalue weighted by Crippen LogP contribution is 2.32. The zero-order chi connectivity index (χ0) is 22.7. The van der Waals surface area contributed by atoms with Gasteiger partial charge in [0.1, 0.15) is 5.82 Å². The summed E-state index contributed by atoms with van der Waals surface area (Å²) >= 11 is 0. The highest BCUT2D eigenvalue weighted by molar-refractivity contribution is 6.22. The number of nitrogens with zero attached hydrogens (tertiary/aromatic N) is 2. The van der Waals surface area contributed by atoms with Gasteiger partial charge in [-0.25, -0.2) is 9.29 Å². The number of aryl methyl sites for hydroxylation is 1. The van der Waals surface area contributed by atoms with Gasteiger partial charge in [0, 0.05) is 0 Å². The van der Waals surface area contributed by atoms with Gasteiger partial charge in [0.25, 0.3) is 5.91 Å². The van der Waals surface area contributed by atoms with Crippen LogP contribution in [0.25, 0.3) is 0 Å². The number of anilines is 1. The molecule has 1 atom stereocenters. The van der Waals surface area contributed by atoms with E-state index in [-0.39, 0.29) is 24.1 Å². The number of benzene rings is 2. The normalized spacial score (nSPS) is 20.1. The minimum Gasteiger partial charge on any atom is -0.493 e. The molecule has 0 N–H and O–H groups in total. The van der Waals surface area contributed by atoms with Crippen molar-refractivity contribution < 1.29 is 23.5 Å². The molecule has 32 heavy (non-hydrogen) atoms. The van der Waals surface area contributed by atoms with Gasteiger partial charge in [0.2, 0.25) is 5.91 Å². The molecule has 0 bridgehead atoms. The van der Waals surface area contributed by atoms with Crippen LogP contribution >= 0.6 is 0 Å². The summed E-state index contributed by atoms with van der Waals surface area (Å²) in [6, 6.07) is 11.1. The second-order valence-corrected chi connectivity index (χ2v) is 8.47. The smallest absolute Gasteiger partial charge is 0.251 e. The summed E-state index contributed by atoms with van der Waals surface area (Å²) in [5.41, 5.74) is 1.66. The van der Waals surface area contributed by atoms with Crippen molar-refractivity contribution in [3.05, 3.63) is 53.8 Å². The maximum atomic E-state index is 13.2. The van der Waals surface area contributed by atoms with Crippen LogP contribution < -0.4 is 14.4 Å². The average Bonchev–Trinajstić information content (AvgIpc) is 3.12. The summed E-state index contributed by atoms with van der Waals surface area (Å²) in [6.07, 6.45) is 4.23. The van der Waals surface area contributed by atoms with Crippen molar-refractivity contribution >= 4 is 17.5 Å². The Labute approximate surface area is 187 Å². The minimum absolute atomic E-state index is 0.187. The van der Waals surface area contributed by atoms with Gasteiger partial charge in [-0.05, 0) is 86.7 Å². The van der Waals surface area contributed by atoms with E-state index in [4.69, 9.17) is 9.47 Å². The molecule has 2 fully saturated rings. The van der Waals surface area contributed by atoms with Crippen LogP contribution in [0.15, 0.2) is 42.5 Å². The van der Waals surface area contributed by atoms with Crippen LogP contribution in [0.1, 0.15) is 31.2 Å². The Hall–Kier alpha value is -2.93. The molecule has 2 aromatic carbocycles. The fourth-order valence-electron chi connectivity index (χ4n) is 4.72. The first-order chi connectivity index (χ1) is 15.5. The Morgan fingerprint density at radius 1 is 0.969 bits per heavy atom. The molecule has 2 amide bonds. The second kappa shape index (κ2) is 9.69. The summed E-state index contributed by atoms with van der Waals surface area (Å²) in [7, 11) is 3.27. The average molecular weight is 441 g/mol. The van der Waals surface area contributed by atoms with Gasteiger partial charge >= 0.3 is 0 Å². The molecule has 2 aromatic rings. The van der Waals surface area contributed by atoms with Crippen molar-refractivity contribution in [1.82, 2.24) is 4.90 Å². The molecule has 2 aliphatic heterocycles. The number of halogens is 1. The fourth-order valence-corrected chi connectivity index (χ4v) is 4.72. The van der Waals surface area contributed by atoms with Crippen LogP contribution in [0.3, 0.4) is 0 Å². The monoisotopic (exact) mass is 440 g/mol. The van der Waals surface area contributed by atoms with E-state index >= 15 is 0 Å². The first-order valence-corrected chi connectivity index (χ1v) is 11.1. The van der Waals surface area contributed by atoms with Gasteiger partial charge in [0.15, 0.2) is 11.5 Å².